The normalized spacial score (nSPS) is 18.9. The van der Waals surface area contributed by atoms with Crippen LogP contribution >= 0.6 is 0 Å². The predicted molar refractivity (Wildman–Crippen MR) is 107 cm³/mol. The summed E-state index contributed by atoms with van der Waals surface area (Å²) in [5.74, 6) is -0.485. The Balaban J connectivity index is 1.38. The Morgan fingerprint density at radius 2 is 1.61 bits per heavy atom. The number of anilines is 3. The summed E-state index contributed by atoms with van der Waals surface area (Å²) in [4.78, 5) is 38.1. The molecule has 4 amide bonds. The molecule has 1 aliphatic heterocycles. The third-order valence-electron chi connectivity index (χ3n) is 4.84. The van der Waals surface area contributed by atoms with Crippen molar-refractivity contribution >= 4 is 34.9 Å². The van der Waals surface area contributed by atoms with Crippen molar-refractivity contribution in [2.24, 2.45) is 0 Å². The van der Waals surface area contributed by atoms with Gasteiger partial charge in [0.1, 0.15) is 6.04 Å². The number of nitrogens with one attached hydrogen (secondary N) is 3. The molecule has 28 heavy (non-hydrogen) atoms. The Labute approximate surface area is 163 Å². The predicted octanol–water partition coefficient (Wildman–Crippen LogP) is 3.02. The number of urea groups is 1. The number of amides is 4. The standard InChI is InChI=1S/C21H22N4O3/c1-13-2-10-17(11-3-13)25-19(26)12-18(20(25)27)22-14-4-6-15(7-5-14)23-21(28)24-16-8-9-16/h2-7,10-11,16,18,22H,8-9,12H2,1H3,(H2,23,24,28)/t18-/m0/s1. The van der Waals surface area contributed by atoms with E-state index in [9.17, 15) is 14.4 Å². The average molecular weight is 378 g/mol. The van der Waals surface area contributed by atoms with Crippen molar-refractivity contribution in [2.75, 3.05) is 15.5 Å². The maximum Gasteiger partial charge on any atom is 0.319 e. The van der Waals surface area contributed by atoms with Crippen molar-refractivity contribution in [3.8, 4) is 0 Å². The van der Waals surface area contributed by atoms with E-state index in [1.165, 1.54) is 4.90 Å². The molecule has 1 aliphatic carbocycles. The lowest BCUT2D eigenvalue weighted by Crippen LogP contribution is -2.34. The van der Waals surface area contributed by atoms with E-state index < -0.39 is 6.04 Å². The Kier molecular flexibility index (Phi) is 4.73. The Morgan fingerprint density at radius 1 is 0.964 bits per heavy atom. The van der Waals surface area contributed by atoms with Crippen LogP contribution in [0.1, 0.15) is 24.8 Å². The first-order chi connectivity index (χ1) is 13.5. The Bertz CT molecular complexity index is 904. The van der Waals surface area contributed by atoms with Crippen LogP contribution < -0.4 is 20.9 Å². The summed E-state index contributed by atoms with van der Waals surface area (Å²) in [5.41, 5.74) is 3.03. The molecule has 2 fully saturated rings. The van der Waals surface area contributed by atoms with Gasteiger partial charge in [-0.1, -0.05) is 17.7 Å². The number of carbonyl (C=O) groups is 3. The number of hydrogen-bond acceptors (Lipinski definition) is 4. The summed E-state index contributed by atoms with van der Waals surface area (Å²) >= 11 is 0. The third-order valence-corrected chi connectivity index (χ3v) is 4.84. The fourth-order valence-electron chi connectivity index (χ4n) is 3.14. The van der Waals surface area contributed by atoms with Gasteiger partial charge in [0.05, 0.1) is 12.1 Å². The summed E-state index contributed by atoms with van der Waals surface area (Å²) < 4.78 is 0. The molecule has 2 aromatic carbocycles. The SMILES string of the molecule is Cc1ccc(N2C(=O)C[C@H](Nc3ccc(NC(=O)NC4CC4)cc3)C2=O)cc1. The second kappa shape index (κ2) is 7.34. The lowest BCUT2D eigenvalue weighted by molar-refractivity contribution is -0.121. The monoisotopic (exact) mass is 378 g/mol. The van der Waals surface area contributed by atoms with Gasteiger partial charge in [0, 0.05) is 17.4 Å². The molecule has 0 aromatic heterocycles. The van der Waals surface area contributed by atoms with Gasteiger partial charge in [-0.05, 0) is 56.2 Å². The molecular formula is C21H22N4O3. The van der Waals surface area contributed by atoms with Crippen molar-refractivity contribution in [3.63, 3.8) is 0 Å². The summed E-state index contributed by atoms with van der Waals surface area (Å²) in [7, 11) is 0. The number of nitrogens with zero attached hydrogens (tertiary/aromatic N) is 1. The Hall–Kier alpha value is -3.35. The zero-order valence-corrected chi connectivity index (χ0v) is 15.6. The molecule has 144 valence electrons. The first kappa shape index (κ1) is 18.0. The smallest absolute Gasteiger partial charge is 0.319 e. The van der Waals surface area contributed by atoms with E-state index in [1.807, 2.05) is 19.1 Å². The quantitative estimate of drug-likeness (QED) is 0.698. The molecular weight excluding hydrogens is 356 g/mol. The summed E-state index contributed by atoms with van der Waals surface area (Å²) in [6.45, 7) is 1.95. The van der Waals surface area contributed by atoms with Gasteiger partial charge in [0.15, 0.2) is 0 Å². The lowest BCUT2D eigenvalue weighted by atomic mass is 10.2. The van der Waals surface area contributed by atoms with Crippen LogP contribution in [0.4, 0.5) is 21.9 Å². The number of benzene rings is 2. The molecule has 0 radical (unpaired) electrons. The molecule has 7 nitrogen and oxygen atoms in total. The minimum atomic E-state index is -0.606. The van der Waals surface area contributed by atoms with Crippen LogP contribution in [0.15, 0.2) is 48.5 Å². The lowest BCUT2D eigenvalue weighted by Gasteiger charge is -2.16. The number of aryl methyl sites for hydroxylation is 1. The fourth-order valence-corrected chi connectivity index (χ4v) is 3.14. The highest BCUT2D eigenvalue weighted by Gasteiger charge is 2.39. The van der Waals surface area contributed by atoms with E-state index in [-0.39, 0.29) is 24.3 Å². The van der Waals surface area contributed by atoms with Crippen LogP contribution in [0.2, 0.25) is 0 Å². The van der Waals surface area contributed by atoms with Crippen molar-refractivity contribution in [2.45, 2.75) is 38.3 Å². The van der Waals surface area contributed by atoms with Gasteiger partial charge in [0.25, 0.3) is 5.91 Å². The van der Waals surface area contributed by atoms with Crippen molar-refractivity contribution in [1.29, 1.82) is 0 Å². The van der Waals surface area contributed by atoms with Gasteiger partial charge in [-0.2, -0.15) is 0 Å². The molecule has 0 unspecified atom stereocenters. The van der Waals surface area contributed by atoms with E-state index in [1.54, 1.807) is 36.4 Å². The highest BCUT2D eigenvalue weighted by Crippen LogP contribution is 2.26. The molecule has 1 heterocycles. The minimum absolute atomic E-state index is 0.108. The first-order valence-corrected chi connectivity index (χ1v) is 9.37. The summed E-state index contributed by atoms with van der Waals surface area (Å²) in [5, 5.41) is 8.75. The van der Waals surface area contributed by atoms with Crippen LogP contribution in [0.25, 0.3) is 0 Å². The van der Waals surface area contributed by atoms with Gasteiger partial charge in [-0.3, -0.25) is 9.59 Å². The number of rotatable bonds is 5. The van der Waals surface area contributed by atoms with Crippen molar-refractivity contribution < 1.29 is 14.4 Å². The molecule has 7 heteroatoms. The minimum Gasteiger partial charge on any atom is -0.373 e. The molecule has 2 aromatic rings. The zero-order valence-electron chi connectivity index (χ0n) is 15.6. The molecule has 4 rings (SSSR count). The highest BCUT2D eigenvalue weighted by atomic mass is 16.2. The van der Waals surface area contributed by atoms with Gasteiger partial charge in [0.2, 0.25) is 5.91 Å². The van der Waals surface area contributed by atoms with Crippen LogP contribution in [0.5, 0.6) is 0 Å². The maximum absolute atomic E-state index is 12.7. The van der Waals surface area contributed by atoms with Gasteiger partial charge in [-0.15, -0.1) is 0 Å². The number of imide groups is 1. The second-order valence-electron chi connectivity index (χ2n) is 7.25. The fraction of sp³-hybridized carbons (Fsp3) is 0.286. The van der Waals surface area contributed by atoms with E-state index in [4.69, 9.17) is 0 Å². The molecule has 3 N–H and O–H groups in total. The van der Waals surface area contributed by atoms with Crippen LogP contribution in [-0.2, 0) is 9.59 Å². The van der Waals surface area contributed by atoms with Gasteiger partial charge < -0.3 is 16.0 Å². The van der Waals surface area contributed by atoms with E-state index in [2.05, 4.69) is 16.0 Å². The second-order valence-corrected chi connectivity index (χ2v) is 7.25. The topological polar surface area (TPSA) is 90.5 Å². The van der Waals surface area contributed by atoms with Gasteiger partial charge in [-0.25, -0.2) is 9.69 Å². The molecule has 0 spiro atoms. The third kappa shape index (κ3) is 3.98. The van der Waals surface area contributed by atoms with Gasteiger partial charge >= 0.3 is 6.03 Å². The van der Waals surface area contributed by atoms with E-state index in [0.717, 1.165) is 18.4 Å². The number of hydrogen-bond donors (Lipinski definition) is 3. The van der Waals surface area contributed by atoms with E-state index in [0.29, 0.717) is 23.1 Å². The molecule has 1 saturated carbocycles. The first-order valence-electron chi connectivity index (χ1n) is 9.37. The maximum atomic E-state index is 12.7. The van der Waals surface area contributed by atoms with Crippen molar-refractivity contribution in [1.82, 2.24) is 5.32 Å². The van der Waals surface area contributed by atoms with E-state index >= 15 is 0 Å². The van der Waals surface area contributed by atoms with Crippen molar-refractivity contribution in [3.05, 3.63) is 54.1 Å². The van der Waals surface area contributed by atoms with Crippen LogP contribution in [-0.4, -0.2) is 29.9 Å². The molecule has 0 bridgehead atoms. The van der Waals surface area contributed by atoms with Crippen LogP contribution in [0.3, 0.4) is 0 Å². The zero-order chi connectivity index (χ0) is 19.7. The summed E-state index contributed by atoms with van der Waals surface area (Å²) in [6.07, 6.45) is 2.17. The Morgan fingerprint density at radius 3 is 2.25 bits per heavy atom. The molecule has 1 saturated heterocycles. The summed E-state index contributed by atoms with van der Waals surface area (Å²) in [6, 6.07) is 13.9. The number of carbonyl (C=O) groups excluding carboxylic acids is 3. The average Bonchev–Trinajstić information content (AvgIpc) is 3.43. The molecule has 2 aliphatic rings. The largest absolute Gasteiger partial charge is 0.373 e. The molecule has 1 atom stereocenters. The highest BCUT2D eigenvalue weighted by molar-refractivity contribution is 6.23. The van der Waals surface area contributed by atoms with Crippen LogP contribution in [0, 0.1) is 6.92 Å².